The van der Waals surface area contributed by atoms with Crippen molar-refractivity contribution in [2.24, 2.45) is 5.92 Å². The van der Waals surface area contributed by atoms with Gasteiger partial charge in [-0.05, 0) is 55.2 Å². The van der Waals surface area contributed by atoms with Crippen LogP contribution in [0.3, 0.4) is 0 Å². The van der Waals surface area contributed by atoms with Crippen molar-refractivity contribution in [3.8, 4) is 0 Å². The summed E-state index contributed by atoms with van der Waals surface area (Å²) in [6.07, 6.45) is 2.36. The molecule has 0 radical (unpaired) electrons. The van der Waals surface area contributed by atoms with Crippen molar-refractivity contribution in [2.45, 2.75) is 26.2 Å². The molecule has 0 unspecified atom stereocenters. The van der Waals surface area contributed by atoms with Gasteiger partial charge in [0.1, 0.15) is 5.82 Å². The van der Waals surface area contributed by atoms with Gasteiger partial charge in [0.2, 0.25) is 5.91 Å². The molecule has 0 aromatic heterocycles. The lowest BCUT2D eigenvalue weighted by atomic mass is 9.97. The molecule has 1 atom stereocenters. The normalized spacial score (nSPS) is 16.7. The average molecular weight is 369 g/mol. The van der Waals surface area contributed by atoms with Crippen molar-refractivity contribution >= 4 is 23.3 Å². The van der Waals surface area contributed by atoms with Gasteiger partial charge in [0, 0.05) is 24.5 Å². The number of aryl methyl sites for hydroxylation is 1. The number of nitrogens with zero attached hydrogens (tertiary/aromatic N) is 1. The highest BCUT2D eigenvalue weighted by Crippen LogP contribution is 2.22. The van der Waals surface area contributed by atoms with Crippen LogP contribution < -0.4 is 10.6 Å². The Morgan fingerprint density at radius 2 is 1.85 bits per heavy atom. The second-order valence-electron chi connectivity index (χ2n) is 6.72. The van der Waals surface area contributed by atoms with Gasteiger partial charge in [0.25, 0.3) is 0 Å². The number of likely N-dealkylation sites (tertiary alicyclic amines) is 1. The molecule has 1 aliphatic rings. The molecule has 2 N–H and O–H groups in total. The molecule has 1 heterocycles. The number of para-hydroxylation sites is 1. The van der Waals surface area contributed by atoms with E-state index in [1.165, 1.54) is 24.3 Å². The summed E-state index contributed by atoms with van der Waals surface area (Å²) < 4.78 is 13.0. The maximum Gasteiger partial charge on any atom is 0.321 e. The minimum absolute atomic E-state index is 0.0600. The van der Waals surface area contributed by atoms with Gasteiger partial charge in [-0.15, -0.1) is 0 Å². The van der Waals surface area contributed by atoms with E-state index in [9.17, 15) is 14.0 Å². The molecule has 1 saturated heterocycles. The van der Waals surface area contributed by atoms with Crippen molar-refractivity contribution in [1.29, 1.82) is 0 Å². The number of hydrogen-bond acceptors (Lipinski definition) is 2. The number of urea groups is 1. The molecule has 0 saturated carbocycles. The molecular formula is C21H24FN3O2. The van der Waals surface area contributed by atoms with Crippen LogP contribution in [0.4, 0.5) is 20.6 Å². The van der Waals surface area contributed by atoms with Gasteiger partial charge >= 0.3 is 6.03 Å². The van der Waals surface area contributed by atoms with Gasteiger partial charge in [-0.1, -0.05) is 25.1 Å². The zero-order chi connectivity index (χ0) is 19.2. The van der Waals surface area contributed by atoms with Crippen LogP contribution >= 0.6 is 0 Å². The SMILES string of the molecule is CCc1ccccc1NC(=O)[C@H]1CCCN(C(=O)Nc2ccc(F)cc2)C1. The summed E-state index contributed by atoms with van der Waals surface area (Å²) >= 11 is 0. The minimum Gasteiger partial charge on any atom is -0.326 e. The maximum atomic E-state index is 13.0. The number of benzene rings is 2. The number of carbonyl (C=O) groups is 2. The van der Waals surface area contributed by atoms with Crippen LogP contribution in [0.5, 0.6) is 0 Å². The maximum absolute atomic E-state index is 13.0. The lowest BCUT2D eigenvalue weighted by Crippen LogP contribution is -2.45. The first-order valence-electron chi connectivity index (χ1n) is 9.27. The molecule has 5 nitrogen and oxygen atoms in total. The Kier molecular flexibility index (Phi) is 6.06. The number of rotatable bonds is 4. The Balaban J connectivity index is 1.60. The molecule has 2 aromatic carbocycles. The molecule has 2 aromatic rings. The van der Waals surface area contributed by atoms with Gasteiger partial charge in [-0.2, -0.15) is 0 Å². The highest BCUT2D eigenvalue weighted by molar-refractivity contribution is 5.94. The summed E-state index contributed by atoms with van der Waals surface area (Å²) in [5, 5.41) is 5.76. The molecule has 0 bridgehead atoms. The van der Waals surface area contributed by atoms with E-state index in [0.29, 0.717) is 18.8 Å². The Labute approximate surface area is 158 Å². The number of anilines is 2. The lowest BCUT2D eigenvalue weighted by Gasteiger charge is -2.32. The second kappa shape index (κ2) is 8.66. The summed E-state index contributed by atoms with van der Waals surface area (Å²) in [5.74, 6) is -0.659. The summed E-state index contributed by atoms with van der Waals surface area (Å²) in [5.41, 5.74) is 2.45. The van der Waals surface area contributed by atoms with Crippen LogP contribution in [-0.4, -0.2) is 29.9 Å². The third-order valence-electron chi connectivity index (χ3n) is 4.83. The van der Waals surface area contributed by atoms with Crippen LogP contribution in [-0.2, 0) is 11.2 Å². The molecule has 3 amide bonds. The molecule has 27 heavy (non-hydrogen) atoms. The molecule has 142 valence electrons. The quantitative estimate of drug-likeness (QED) is 0.845. The van der Waals surface area contributed by atoms with Crippen LogP contribution in [0.1, 0.15) is 25.3 Å². The molecule has 1 aliphatic heterocycles. The van der Waals surface area contributed by atoms with Crippen LogP contribution in [0, 0.1) is 11.7 Å². The van der Waals surface area contributed by atoms with E-state index in [1.807, 2.05) is 31.2 Å². The number of carbonyl (C=O) groups excluding carboxylic acids is 2. The van der Waals surface area contributed by atoms with Gasteiger partial charge in [-0.3, -0.25) is 4.79 Å². The Bertz CT molecular complexity index is 807. The van der Waals surface area contributed by atoms with Gasteiger partial charge in [-0.25, -0.2) is 9.18 Å². The van der Waals surface area contributed by atoms with E-state index >= 15 is 0 Å². The molecular weight excluding hydrogens is 345 g/mol. The molecule has 1 fully saturated rings. The smallest absolute Gasteiger partial charge is 0.321 e. The number of hydrogen-bond donors (Lipinski definition) is 2. The fraction of sp³-hybridized carbons (Fsp3) is 0.333. The van der Waals surface area contributed by atoms with E-state index in [-0.39, 0.29) is 23.7 Å². The zero-order valence-electron chi connectivity index (χ0n) is 15.4. The highest BCUT2D eigenvalue weighted by Gasteiger charge is 2.28. The summed E-state index contributed by atoms with van der Waals surface area (Å²) in [6.45, 7) is 3.02. The van der Waals surface area contributed by atoms with Crippen molar-refractivity contribution in [3.05, 3.63) is 59.9 Å². The largest absolute Gasteiger partial charge is 0.326 e. The van der Waals surface area contributed by atoms with E-state index < -0.39 is 0 Å². The predicted molar refractivity (Wildman–Crippen MR) is 104 cm³/mol. The van der Waals surface area contributed by atoms with Gasteiger partial charge in [0.15, 0.2) is 0 Å². The number of nitrogens with one attached hydrogen (secondary N) is 2. The molecule has 3 rings (SSSR count). The first kappa shape index (κ1) is 18.9. The average Bonchev–Trinajstić information content (AvgIpc) is 2.70. The van der Waals surface area contributed by atoms with Crippen molar-refractivity contribution in [1.82, 2.24) is 4.90 Å². The minimum atomic E-state index is -0.352. The van der Waals surface area contributed by atoms with E-state index in [0.717, 1.165) is 30.5 Å². The molecule has 0 spiro atoms. The van der Waals surface area contributed by atoms with E-state index in [4.69, 9.17) is 0 Å². The number of halogens is 1. The lowest BCUT2D eigenvalue weighted by molar-refractivity contribution is -0.121. The van der Waals surface area contributed by atoms with Crippen molar-refractivity contribution in [2.75, 3.05) is 23.7 Å². The number of piperidine rings is 1. The fourth-order valence-electron chi connectivity index (χ4n) is 3.30. The summed E-state index contributed by atoms with van der Waals surface area (Å²) in [6, 6.07) is 13.1. The third-order valence-corrected chi connectivity index (χ3v) is 4.83. The Hall–Kier alpha value is -2.89. The monoisotopic (exact) mass is 369 g/mol. The van der Waals surface area contributed by atoms with Crippen molar-refractivity contribution in [3.63, 3.8) is 0 Å². The molecule has 6 heteroatoms. The topological polar surface area (TPSA) is 61.4 Å². The highest BCUT2D eigenvalue weighted by atomic mass is 19.1. The van der Waals surface area contributed by atoms with Gasteiger partial charge < -0.3 is 15.5 Å². The van der Waals surface area contributed by atoms with E-state index in [2.05, 4.69) is 10.6 Å². The van der Waals surface area contributed by atoms with Gasteiger partial charge in [0.05, 0.1) is 5.92 Å². The zero-order valence-corrected chi connectivity index (χ0v) is 15.4. The van der Waals surface area contributed by atoms with Crippen LogP contribution in [0.2, 0.25) is 0 Å². The van der Waals surface area contributed by atoms with Crippen molar-refractivity contribution < 1.29 is 14.0 Å². The first-order valence-corrected chi connectivity index (χ1v) is 9.27. The summed E-state index contributed by atoms with van der Waals surface area (Å²) in [4.78, 5) is 26.8. The second-order valence-corrected chi connectivity index (χ2v) is 6.72. The fourth-order valence-corrected chi connectivity index (χ4v) is 3.30. The van der Waals surface area contributed by atoms with E-state index in [1.54, 1.807) is 4.90 Å². The first-order chi connectivity index (χ1) is 13.1. The van der Waals surface area contributed by atoms with Crippen LogP contribution in [0.25, 0.3) is 0 Å². The van der Waals surface area contributed by atoms with Crippen LogP contribution in [0.15, 0.2) is 48.5 Å². The molecule has 0 aliphatic carbocycles. The Morgan fingerprint density at radius 1 is 1.11 bits per heavy atom. The standard InChI is InChI=1S/C21H24FN3O2/c1-2-15-6-3-4-8-19(15)24-20(26)16-7-5-13-25(14-16)21(27)23-18-11-9-17(22)10-12-18/h3-4,6,8-12,16H,2,5,7,13-14H2,1H3,(H,23,27)(H,24,26)/t16-/m0/s1. The summed E-state index contributed by atoms with van der Waals surface area (Å²) in [7, 11) is 0. The Morgan fingerprint density at radius 3 is 2.59 bits per heavy atom. The predicted octanol–water partition coefficient (Wildman–Crippen LogP) is 4.27. The third kappa shape index (κ3) is 4.84. The number of amides is 3.